The fourth-order valence-electron chi connectivity index (χ4n) is 5.40. The maximum Gasteiger partial charge on any atom is 0.357 e. The number of urea groups is 1. The minimum atomic E-state index is -1.35. The van der Waals surface area contributed by atoms with E-state index in [9.17, 15) is 28.8 Å². The molecule has 0 saturated heterocycles. The number of para-hydroxylation sites is 1. The first-order chi connectivity index (χ1) is 26.3. The van der Waals surface area contributed by atoms with Crippen LogP contribution in [0.15, 0.2) is 72.8 Å². The molecule has 18 nitrogen and oxygen atoms in total. The molecular weight excluding hydrogens is 722 g/mol. The Morgan fingerprint density at radius 2 is 1.27 bits per heavy atom. The van der Waals surface area contributed by atoms with Crippen LogP contribution in [0.25, 0.3) is 0 Å². The molecule has 0 radical (unpaired) electrons. The van der Waals surface area contributed by atoms with Gasteiger partial charge in [-0.3, -0.25) is 29.0 Å². The number of hydrogen-bond donors (Lipinski definition) is 5. The fraction of sp³-hybridized carbons (Fsp3) is 0.368. The highest BCUT2D eigenvalue weighted by Gasteiger charge is 2.36. The van der Waals surface area contributed by atoms with Crippen molar-refractivity contribution in [2.24, 2.45) is 35.2 Å². The van der Waals surface area contributed by atoms with Crippen molar-refractivity contribution >= 4 is 58.3 Å². The Morgan fingerprint density at radius 1 is 0.714 bits per heavy atom. The zero-order valence-corrected chi connectivity index (χ0v) is 32.7. The number of benzene rings is 3. The first kappa shape index (κ1) is 44.5. The summed E-state index contributed by atoms with van der Waals surface area (Å²) >= 11 is 0. The van der Waals surface area contributed by atoms with Gasteiger partial charge < -0.3 is 14.6 Å². The zero-order chi connectivity index (χ0) is 41.9. The highest BCUT2D eigenvalue weighted by atomic mass is 16.7. The van der Waals surface area contributed by atoms with E-state index < -0.39 is 47.6 Å². The van der Waals surface area contributed by atoms with Crippen LogP contribution in [0.5, 0.6) is 0 Å². The Morgan fingerprint density at radius 3 is 1.82 bits per heavy atom. The van der Waals surface area contributed by atoms with Crippen LogP contribution in [0.1, 0.15) is 63.4 Å². The van der Waals surface area contributed by atoms with Crippen LogP contribution in [0, 0.1) is 12.8 Å². The van der Waals surface area contributed by atoms with Crippen molar-refractivity contribution in [2.75, 3.05) is 46.2 Å². The number of Topliss-reactive ketones (excluding diaryl/α,β-unsaturated/α-hetero) is 1. The van der Waals surface area contributed by atoms with Crippen molar-refractivity contribution in [3.05, 3.63) is 83.9 Å². The lowest BCUT2D eigenvalue weighted by Crippen LogP contribution is -2.58. The van der Waals surface area contributed by atoms with Crippen LogP contribution in [-0.2, 0) is 24.0 Å². The number of anilines is 4. The molecule has 0 aliphatic rings. The number of hydrogen-bond acceptors (Lipinski definition) is 13. The first-order valence-electron chi connectivity index (χ1n) is 17.8. The summed E-state index contributed by atoms with van der Waals surface area (Å²) in [7, 11) is 0. The Hall–Kier alpha value is -5.92. The number of carbonyl (C=O) groups excluding carboxylic acids is 6. The number of rotatable bonds is 17. The van der Waals surface area contributed by atoms with Gasteiger partial charge in [0.05, 0.1) is 35.7 Å². The summed E-state index contributed by atoms with van der Waals surface area (Å²) in [6, 6.07) is 18.5. The van der Waals surface area contributed by atoms with E-state index in [0.717, 1.165) is 25.5 Å². The molecule has 3 aromatic carbocycles. The van der Waals surface area contributed by atoms with Gasteiger partial charge in [0, 0.05) is 25.6 Å². The molecule has 0 aromatic heterocycles. The third kappa shape index (κ3) is 11.3. The molecular formula is C38H53N11O7. The summed E-state index contributed by atoms with van der Waals surface area (Å²) in [4.78, 5) is 85.0. The second-order valence-electron chi connectivity index (χ2n) is 14.1. The van der Waals surface area contributed by atoms with Gasteiger partial charge in [0.2, 0.25) is 11.8 Å². The number of nitrogens with zero attached hydrogens (tertiary/aromatic N) is 6. The molecule has 0 saturated carbocycles. The summed E-state index contributed by atoms with van der Waals surface area (Å²) in [5.41, 5.74) is 1.11. The highest BCUT2D eigenvalue weighted by molar-refractivity contribution is 6.02. The molecule has 0 unspecified atom stereocenters. The molecule has 0 aliphatic heterocycles. The second kappa shape index (κ2) is 19.6. The molecule has 0 fully saturated rings. The van der Waals surface area contributed by atoms with Crippen LogP contribution in [0.2, 0.25) is 0 Å². The fourth-order valence-corrected chi connectivity index (χ4v) is 5.40. The van der Waals surface area contributed by atoms with Gasteiger partial charge in [0.15, 0.2) is 5.78 Å². The van der Waals surface area contributed by atoms with E-state index >= 15 is 0 Å². The van der Waals surface area contributed by atoms with Crippen molar-refractivity contribution in [1.82, 2.24) is 9.80 Å². The topological polar surface area (TPSA) is 261 Å². The maximum atomic E-state index is 14.0. The standard InChI is InChI=1S/C38H53N11O7/c1-25(2)19-21-44(34(52)24-45(22-20-35(53)56-43)36(54)28-11-13-29(14-12-28)46(39)27(4)50)23-33(51)38(5,6)49(42)31-17-15-30(16-18-31)47(40)37(55)48(41)32-10-8-7-9-26(32)3/h7-18,25H,19-24,39-43H2,1-6H3. The lowest BCUT2D eigenvalue weighted by atomic mass is 9.96. The van der Waals surface area contributed by atoms with E-state index in [1.165, 1.54) is 41.1 Å². The molecule has 0 heterocycles. The number of carbonyl (C=O) groups is 6. The van der Waals surface area contributed by atoms with E-state index in [2.05, 4.69) is 4.84 Å². The van der Waals surface area contributed by atoms with E-state index in [-0.39, 0.29) is 37.5 Å². The number of amides is 5. The summed E-state index contributed by atoms with van der Waals surface area (Å²) in [5, 5.41) is 3.99. The third-order valence-electron chi connectivity index (χ3n) is 9.20. The molecule has 3 aromatic rings. The molecule has 56 heavy (non-hydrogen) atoms. The first-order valence-corrected chi connectivity index (χ1v) is 17.8. The number of ketones is 1. The lowest BCUT2D eigenvalue weighted by Gasteiger charge is -2.37. The molecule has 5 amide bonds. The minimum Gasteiger partial charge on any atom is -0.373 e. The van der Waals surface area contributed by atoms with Crippen LogP contribution in [-0.4, -0.2) is 77.0 Å². The van der Waals surface area contributed by atoms with E-state index in [4.69, 9.17) is 29.3 Å². The van der Waals surface area contributed by atoms with Gasteiger partial charge in [0.1, 0.15) is 12.1 Å². The number of hydrazine groups is 4. The quantitative estimate of drug-likeness (QED) is 0.0750. The average molecular weight is 776 g/mol. The van der Waals surface area contributed by atoms with E-state index in [1.807, 2.05) is 32.9 Å². The largest absolute Gasteiger partial charge is 0.373 e. The van der Waals surface area contributed by atoms with Gasteiger partial charge in [-0.15, -0.1) is 0 Å². The van der Waals surface area contributed by atoms with Crippen molar-refractivity contribution < 1.29 is 33.6 Å². The number of nitrogens with two attached hydrogens (primary N) is 5. The van der Waals surface area contributed by atoms with Gasteiger partial charge in [-0.05, 0) is 93.3 Å². The highest BCUT2D eigenvalue weighted by Crippen LogP contribution is 2.26. The molecule has 0 aliphatic carbocycles. The van der Waals surface area contributed by atoms with Gasteiger partial charge >= 0.3 is 12.0 Å². The number of aryl methyl sites for hydroxylation is 1. The minimum absolute atomic E-state index is 0.157. The van der Waals surface area contributed by atoms with Crippen molar-refractivity contribution in [3.63, 3.8) is 0 Å². The molecule has 10 N–H and O–H groups in total. The summed E-state index contributed by atoms with van der Waals surface area (Å²) in [5.74, 6) is 26.9. The van der Waals surface area contributed by atoms with Crippen LogP contribution < -0.4 is 49.3 Å². The van der Waals surface area contributed by atoms with Crippen LogP contribution in [0.4, 0.5) is 27.5 Å². The summed E-state index contributed by atoms with van der Waals surface area (Å²) in [6.07, 6.45) is 0.243. The third-order valence-corrected chi connectivity index (χ3v) is 9.20. The van der Waals surface area contributed by atoms with Crippen molar-refractivity contribution in [3.8, 4) is 0 Å². The predicted octanol–water partition coefficient (Wildman–Crippen LogP) is 2.25. The molecule has 0 bridgehead atoms. The van der Waals surface area contributed by atoms with Crippen LogP contribution >= 0.6 is 0 Å². The zero-order valence-electron chi connectivity index (χ0n) is 32.7. The Balaban J connectivity index is 1.80. The summed E-state index contributed by atoms with van der Waals surface area (Å²) < 4.78 is 0. The Kier molecular flexibility index (Phi) is 15.6. The molecule has 0 spiro atoms. The molecule has 18 heteroatoms. The predicted molar refractivity (Wildman–Crippen MR) is 213 cm³/mol. The SMILES string of the molecule is CC(=O)N(N)c1ccc(C(=O)N(CCC(=O)ON)CC(=O)N(CCC(C)C)CC(=O)C(C)(C)N(N)c2ccc(N(N)C(=O)N(N)c3ccccc3C)cc2)cc1. The summed E-state index contributed by atoms with van der Waals surface area (Å²) in [6.45, 7) is 9.39. The van der Waals surface area contributed by atoms with Gasteiger partial charge in [0.25, 0.3) is 5.91 Å². The molecule has 0 atom stereocenters. The lowest BCUT2D eigenvalue weighted by molar-refractivity contribution is -0.144. The maximum absolute atomic E-state index is 14.0. The second-order valence-corrected chi connectivity index (χ2v) is 14.1. The Labute approximate surface area is 326 Å². The van der Waals surface area contributed by atoms with Gasteiger partial charge in [-0.2, -0.15) is 5.90 Å². The Bertz CT molecular complexity index is 1870. The van der Waals surface area contributed by atoms with Gasteiger partial charge in [-0.25, -0.2) is 43.2 Å². The molecule has 302 valence electrons. The monoisotopic (exact) mass is 775 g/mol. The van der Waals surface area contributed by atoms with E-state index in [0.29, 0.717) is 29.2 Å². The van der Waals surface area contributed by atoms with E-state index in [1.54, 1.807) is 50.2 Å². The van der Waals surface area contributed by atoms with Crippen LogP contribution in [0.3, 0.4) is 0 Å². The normalized spacial score (nSPS) is 11.1. The average Bonchev–Trinajstić information content (AvgIpc) is 3.18. The van der Waals surface area contributed by atoms with Crippen molar-refractivity contribution in [1.29, 1.82) is 0 Å². The van der Waals surface area contributed by atoms with Gasteiger partial charge in [-0.1, -0.05) is 32.0 Å². The molecule has 3 rings (SSSR count). The van der Waals surface area contributed by atoms with Crippen molar-refractivity contribution in [2.45, 2.75) is 59.9 Å². The smallest absolute Gasteiger partial charge is 0.357 e.